The van der Waals surface area contributed by atoms with Crippen molar-refractivity contribution in [2.24, 2.45) is 0 Å². The van der Waals surface area contributed by atoms with Gasteiger partial charge in [0.1, 0.15) is 22.6 Å². The Labute approximate surface area is 198 Å². The minimum Gasteiger partial charge on any atom is -0.496 e. The molecule has 4 aromatic rings. The summed E-state index contributed by atoms with van der Waals surface area (Å²) >= 11 is 0. The highest BCUT2D eigenvalue weighted by atomic mass is 19.1. The number of carbonyl (C=O) groups excluding carboxylic acids is 1. The van der Waals surface area contributed by atoms with Crippen molar-refractivity contribution < 1.29 is 13.9 Å². The van der Waals surface area contributed by atoms with Gasteiger partial charge in [-0.05, 0) is 55.2 Å². The van der Waals surface area contributed by atoms with Crippen LogP contribution in [0.4, 0.5) is 10.2 Å². The van der Waals surface area contributed by atoms with Crippen LogP contribution in [0, 0.1) is 5.82 Å². The van der Waals surface area contributed by atoms with Crippen LogP contribution in [0.2, 0.25) is 0 Å². The van der Waals surface area contributed by atoms with E-state index in [4.69, 9.17) is 10.5 Å². The normalized spacial score (nSPS) is 13.5. The molecule has 0 bridgehead atoms. The number of rotatable bonds is 6. The highest BCUT2D eigenvalue weighted by molar-refractivity contribution is 5.96. The van der Waals surface area contributed by atoms with E-state index in [2.05, 4.69) is 15.5 Å². The van der Waals surface area contributed by atoms with Crippen LogP contribution in [-0.2, 0) is 6.54 Å². The van der Waals surface area contributed by atoms with E-state index in [9.17, 15) is 18.8 Å². The molecular formula is C24H23FN6O4. The number of carbonyl (C=O) groups is 1. The number of hydrogen-bond acceptors (Lipinski definition) is 6. The predicted molar refractivity (Wildman–Crippen MR) is 127 cm³/mol. The lowest BCUT2D eigenvalue weighted by Crippen LogP contribution is -2.31. The molecule has 4 N–H and O–H groups in total. The second-order valence-corrected chi connectivity index (χ2v) is 8.40. The first kappa shape index (κ1) is 22.4. The molecule has 1 fully saturated rings. The van der Waals surface area contributed by atoms with Gasteiger partial charge < -0.3 is 15.8 Å². The summed E-state index contributed by atoms with van der Waals surface area (Å²) in [6.07, 6.45) is 2.62. The number of imidazole rings is 1. The second kappa shape index (κ2) is 8.75. The molecule has 1 amide bonds. The molecule has 2 aromatic carbocycles. The number of methoxy groups -OCH3 is 1. The largest absolute Gasteiger partial charge is 0.496 e. The molecule has 0 aliphatic heterocycles. The van der Waals surface area contributed by atoms with Crippen LogP contribution >= 0.6 is 0 Å². The maximum Gasteiger partial charge on any atom is 0.334 e. The number of amides is 1. The van der Waals surface area contributed by atoms with Crippen LogP contribution in [-0.4, -0.2) is 32.3 Å². The summed E-state index contributed by atoms with van der Waals surface area (Å²) in [7, 11) is 1.41. The molecule has 2 aromatic heterocycles. The van der Waals surface area contributed by atoms with Crippen molar-refractivity contribution in [3.8, 4) is 11.4 Å². The number of anilines is 1. The molecule has 0 atom stereocenters. The zero-order chi connectivity index (χ0) is 24.7. The lowest BCUT2D eigenvalue weighted by atomic mass is 9.93. The van der Waals surface area contributed by atoms with Crippen molar-refractivity contribution in [2.45, 2.75) is 31.8 Å². The lowest BCUT2D eigenvalue weighted by Gasteiger charge is -2.26. The zero-order valence-electron chi connectivity index (χ0n) is 18.9. The van der Waals surface area contributed by atoms with Crippen molar-refractivity contribution in [2.75, 3.05) is 12.8 Å². The van der Waals surface area contributed by atoms with Gasteiger partial charge in [-0.3, -0.25) is 18.7 Å². The molecular weight excluding hydrogens is 455 g/mol. The van der Waals surface area contributed by atoms with Gasteiger partial charge in [0.15, 0.2) is 5.82 Å². The Bertz CT molecular complexity index is 1550. The quantitative estimate of drug-likeness (QED) is 0.389. The number of nitrogens with zero attached hydrogens (tertiary/aromatic N) is 3. The van der Waals surface area contributed by atoms with Gasteiger partial charge in [0, 0.05) is 12.6 Å². The van der Waals surface area contributed by atoms with Crippen LogP contribution < -0.4 is 27.0 Å². The van der Waals surface area contributed by atoms with Crippen LogP contribution in [0.5, 0.6) is 5.75 Å². The number of fused-ring (bicyclic) bond motifs is 1. The van der Waals surface area contributed by atoms with Crippen molar-refractivity contribution in [3.05, 3.63) is 80.2 Å². The standard InChI is InChI=1S/C24H23FN6O4/c1-35-18-10-7-14(25)11-17(18)22(32)27-12-13-5-8-16(9-6-13)30-19-20(23(33)29-28-21(19)26)31(24(30)34)15-3-2-4-15/h5-11,15H,2-4,12H2,1H3,(H2,26,28)(H,27,32)(H,29,33). The first-order valence-corrected chi connectivity index (χ1v) is 11.1. The van der Waals surface area contributed by atoms with Crippen LogP contribution in [0.15, 0.2) is 52.1 Å². The van der Waals surface area contributed by atoms with Gasteiger partial charge in [-0.15, -0.1) is 0 Å². The molecule has 0 spiro atoms. The Morgan fingerprint density at radius 2 is 1.94 bits per heavy atom. The fraction of sp³-hybridized carbons (Fsp3) is 0.250. The van der Waals surface area contributed by atoms with Gasteiger partial charge in [0.05, 0.1) is 18.4 Å². The minimum absolute atomic E-state index is 0.0511. The molecule has 2 heterocycles. The average molecular weight is 478 g/mol. The molecule has 0 radical (unpaired) electrons. The Hall–Kier alpha value is -4.41. The van der Waals surface area contributed by atoms with Crippen LogP contribution in [0.25, 0.3) is 16.7 Å². The summed E-state index contributed by atoms with van der Waals surface area (Å²) in [6, 6.07) is 10.6. The van der Waals surface area contributed by atoms with E-state index in [1.165, 1.54) is 28.4 Å². The monoisotopic (exact) mass is 478 g/mol. The summed E-state index contributed by atoms with van der Waals surface area (Å²) in [5, 5.41) is 8.95. The summed E-state index contributed by atoms with van der Waals surface area (Å²) < 4.78 is 21.6. The molecule has 0 saturated heterocycles. The number of aromatic nitrogens is 4. The molecule has 1 aliphatic carbocycles. The summed E-state index contributed by atoms with van der Waals surface area (Å²) in [5.74, 6) is -0.708. The van der Waals surface area contributed by atoms with E-state index in [-0.39, 0.29) is 46.4 Å². The van der Waals surface area contributed by atoms with Gasteiger partial charge in [0.2, 0.25) is 0 Å². The minimum atomic E-state index is -0.542. The fourth-order valence-electron chi connectivity index (χ4n) is 4.31. The van der Waals surface area contributed by atoms with E-state index in [1.54, 1.807) is 24.3 Å². The first-order valence-electron chi connectivity index (χ1n) is 11.1. The number of nitrogens with two attached hydrogens (primary N) is 1. The summed E-state index contributed by atoms with van der Waals surface area (Å²) in [6.45, 7) is 0.168. The van der Waals surface area contributed by atoms with E-state index in [1.807, 2.05) is 0 Å². The Kier molecular flexibility index (Phi) is 5.59. The molecule has 10 nitrogen and oxygen atoms in total. The van der Waals surface area contributed by atoms with Gasteiger partial charge >= 0.3 is 5.69 Å². The fourth-order valence-corrected chi connectivity index (χ4v) is 4.31. The molecule has 180 valence electrons. The molecule has 1 aliphatic rings. The van der Waals surface area contributed by atoms with E-state index in [0.717, 1.165) is 30.9 Å². The third-order valence-corrected chi connectivity index (χ3v) is 6.32. The number of nitrogen functional groups attached to an aromatic ring is 1. The number of benzene rings is 2. The third-order valence-electron chi connectivity index (χ3n) is 6.32. The number of halogens is 1. The number of H-pyrrole nitrogens is 1. The predicted octanol–water partition coefficient (Wildman–Crippen LogP) is 2.26. The molecule has 1 saturated carbocycles. The molecule has 35 heavy (non-hydrogen) atoms. The lowest BCUT2D eigenvalue weighted by molar-refractivity contribution is 0.0947. The van der Waals surface area contributed by atoms with Crippen molar-refractivity contribution in [1.82, 2.24) is 24.6 Å². The zero-order valence-corrected chi connectivity index (χ0v) is 18.9. The van der Waals surface area contributed by atoms with Gasteiger partial charge in [0.25, 0.3) is 11.5 Å². The van der Waals surface area contributed by atoms with Crippen LogP contribution in [0.1, 0.15) is 41.2 Å². The van der Waals surface area contributed by atoms with Crippen molar-refractivity contribution in [3.63, 3.8) is 0 Å². The van der Waals surface area contributed by atoms with Crippen LogP contribution in [0.3, 0.4) is 0 Å². The van der Waals surface area contributed by atoms with E-state index < -0.39 is 17.3 Å². The number of ether oxygens (including phenoxy) is 1. The first-order chi connectivity index (χ1) is 16.9. The molecule has 11 heteroatoms. The highest BCUT2D eigenvalue weighted by Crippen LogP contribution is 2.33. The Morgan fingerprint density at radius 3 is 2.60 bits per heavy atom. The number of aromatic amines is 1. The summed E-state index contributed by atoms with van der Waals surface area (Å²) in [5.41, 5.74) is 7.08. The van der Waals surface area contributed by atoms with Gasteiger partial charge in [-0.2, -0.15) is 5.10 Å². The van der Waals surface area contributed by atoms with Crippen molar-refractivity contribution in [1.29, 1.82) is 0 Å². The maximum absolute atomic E-state index is 13.6. The maximum atomic E-state index is 13.6. The van der Waals surface area contributed by atoms with E-state index in [0.29, 0.717) is 5.69 Å². The van der Waals surface area contributed by atoms with Gasteiger partial charge in [-0.25, -0.2) is 14.3 Å². The average Bonchev–Trinajstić information content (AvgIpc) is 3.13. The Balaban J connectivity index is 1.44. The molecule has 5 rings (SSSR count). The van der Waals surface area contributed by atoms with E-state index >= 15 is 0 Å². The summed E-state index contributed by atoms with van der Waals surface area (Å²) in [4.78, 5) is 38.5. The van der Waals surface area contributed by atoms with Gasteiger partial charge in [-0.1, -0.05) is 12.1 Å². The van der Waals surface area contributed by atoms with Crippen molar-refractivity contribution >= 4 is 22.8 Å². The Morgan fingerprint density at radius 1 is 1.20 bits per heavy atom. The third kappa shape index (κ3) is 3.84. The highest BCUT2D eigenvalue weighted by Gasteiger charge is 2.28. The topological polar surface area (TPSA) is 137 Å². The molecule has 0 unspecified atom stereocenters. The smallest absolute Gasteiger partial charge is 0.334 e. The number of hydrogen-bond donors (Lipinski definition) is 3. The SMILES string of the molecule is COc1ccc(F)cc1C(=O)NCc1ccc(-n2c(=O)n(C3CCC3)c3c(=O)[nH]nc(N)c32)cc1. The second-order valence-electron chi connectivity index (χ2n) is 8.40. The number of nitrogens with one attached hydrogen (secondary N) is 2.